The maximum atomic E-state index is 13.4. The topological polar surface area (TPSA) is 48.1 Å². The molecule has 0 bridgehead atoms. The van der Waals surface area contributed by atoms with Gasteiger partial charge in [0, 0.05) is 34.9 Å². The highest BCUT2D eigenvalue weighted by Crippen LogP contribution is 2.36. The molecule has 0 saturated carbocycles. The Labute approximate surface area is 163 Å². The Balaban J connectivity index is 1.55. The number of carbonyl (C=O) groups excluding carboxylic acids is 1. The van der Waals surface area contributed by atoms with E-state index < -0.39 is 0 Å². The van der Waals surface area contributed by atoms with Crippen LogP contribution in [0.15, 0.2) is 85.1 Å². The number of para-hydroxylation sites is 2. The first-order chi connectivity index (χ1) is 13.8. The largest absolute Gasteiger partial charge is 0.361 e. The van der Waals surface area contributed by atoms with Gasteiger partial charge in [-0.1, -0.05) is 60.7 Å². The van der Waals surface area contributed by atoms with Crippen LogP contribution >= 0.6 is 0 Å². The minimum Gasteiger partial charge on any atom is -0.361 e. The summed E-state index contributed by atoms with van der Waals surface area (Å²) in [5.41, 5.74) is 5.01. The van der Waals surface area contributed by atoms with Gasteiger partial charge in [0.1, 0.15) is 6.17 Å². The molecule has 2 N–H and O–H groups in total. The lowest BCUT2D eigenvalue weighted by Gasteiger charge is -2.38. The zero-order valence-corrected chi connectivity index (χ0v) is 15.4. The zero-order valence-electron chi connectivity index (χ0n) is 15.4. The van der Waals surface area contributed by atoms with E-state index in [4.69, 9.17) is 0 Å². The van der Waals surface area contributed by atoms with E-state index in [2.05, 4.69) is 34.6 Å². The summed E-state index contributed by atoms with van der Waals surface area (Å²) in [5, 5.41) is 4.73. The molecule has 4 nitrogen and oxygen atoms in total. The average molecular weight is 367 g/mol. The molecule has 0 aliphatic carbocycles. The van der Waals surface area contributed by atoms with Gasteiger partial charge >= 0.3 is 0 Å². The summed E-state index contributed by atoms with van der Waals surface area (Å²) in [4.78, 5) is 18.6. The molecule has 0 fully saturated rings. The van der Waals surface area contributed by atoms with Gasteiger partial charge in [-0.25, -0.2) is 0 Å². The van der Waals surface area contributed by atoms with Gasteiger partial charge in [-0.3, -0.25) is 4.79 Å². The molecule has 4 heteroatoms. The molecule has 0 spiro atoms. The van der Waals surface area contributed by atoms with Crippen molar-refractivity contribution in [1.82, 2.24) is 9.88 Å². The Morgan fingerprint density at radius 2 is 1.61 bits per heavy atom. The molecule has 5 rings (SSSR count). The maximum Gasteiger partial charge on any atom is 0.257 e. The summed E-state index contributed by atoms with van der Waals surface area (Å²) in [7, 11) is 0. The van der Waals surface area contributed by atoms with E-state index in [1.54, 1.807) is 0 Å². The lowest BCUT2D eigenvalue weighted by Crippen LogP contribution is -2.43. The molecular weight excluding hydrogens is 346 g/mol. The highest BCUT2D eigenvalue weighted by molar-refractivity contribution is 6.02. The molecule has 1 aliphatic heterocycles. The summed E-state index contributed by atoms with van der Waals surface area (Å²) >= 11 is 0. The molecule has 138 valence electrons. The van der Waals surface area contributed by atoms with Gasteiger partial charge < -0.3 is 15.2 Å². The van der Waals surface area contributed by atoms with Gasteiger partial charge in [-0.2, -0.15) is 0 Å². The molecule has 1 aliphatic rings. The number of hydrogen-bond acceptors (Lipinski definition) is 2. The summed E-state index contributed by atoms with van der Waals surface area (Å²) in [6.07, 6.45) is 2.62. The van der Waals surface area contributed by atoms with E-state index in [1.165, 1.54) is 5.56 Å². The van der Waals surface area contributed by atoms with E-state index >= 15 is 0 Å². The van der Waals surface area contributed by atoms with Gasteiger partial charge in [0.2, 0.25) is 0 Å². The van der Waals surface area contributed by atoms with Crippen molar-refractivity contribution in [2.75, 3.05) is 11.9 Å². The van der Waals surface area contributed by atoms with Gasteiger partial charge in [-0.05, 0) is 30.2 Å². The molecule has 4 aromatic rings. The standard InChI is InChI=1S/C24H21N3O/c28-24-19-11-5-7-13-22(19)26-23(20-16-25-21-12-6-4-10-18(20)21)27(24)15-14-17-8-2-1-3-9-17/h1-13,16,23,25-26H,14-15H2. The van der Waals surface area contributed by atoms with Crippen molar-refractivity contribution >= 4 is 22.5 Å². The second kappa shape index (κ2) is 6.89. The predicted molar refractivity (Wildman–Crippen MR) is 112 cm³/mol. The summed E-state index contributed by atoms with van der Waals surface area (Å²) in [6, 6.07) is 26.3. The van der Waals surface area contributed by atoms with Crippen molar-refractivity contribution in [3.8, 4) is 0 Å². The van der Waals surface area contributed by atoms with Crippen LogP contribution in [-0.2, 0) is 6.42 Å². The number of amides is 1. The molecule has 0 saturated heterocycles. The molecule has 28 heavy (non-hydrogen) atoms. The van der Waals surface area contributed by atoms with Gasteiger partial charge in [0.15, 0.2) is 0 Å². The number of hydrogen-bond donors (Lipinski definition) is 2. The maximum absolute atomic E-state index is 13.4. The summed E-state index contributed by atoms with van der Waals surface area (Å²) < 4.78 is 0. The number of aromatic amines is 1. The molecule has 1 atom stereocenters. The van der Waals surface area contributed by atoms with Crippen molar-refractivity contribution in [3.05, 3.63) is 102 Å². The molecule has 1 amide bonds. The van der Waals surface area contributed by atoms with Crippen LogP contribution in [0.3, 0.4) is 0 Å². The van der Waals surface area contributed by atoms with E-state index in [1.807, 2.05) is 65.7 Å². The third-order valence-corrected chi connectivity index (χ3v) is 5.42. The van der Waals surface area contributed by atoms with Crippen LogP contribution in [0.1, 0.15) is 27.7 Å². The lowest BCUT2D eigenvalue weighted by atomic mass is 10.0. The fraction of sp³-hybridized carbons (Fsp3) is 0.125. The third-order valence-electron chi connectivity index (χ3n) is 5.42. The number of aromatic nitrogens is 1. The highest BCUT2D eigenvalue weighted by Gasteiger charge is 2.33. The zero-order chi connectivity index (χ0) is 18.9. The Hall–Kier alpha value is -3.53. The molecule has 3 aromatic carbocycles. The number of benzene rings is 3. The number of fused-ring (bicyclic) bond motifs is 2. The van der Waals surface area contributed by atoms with E-state index in [9.17, 15) is 4.79 Å². The minimum absolute atomic E-state index is 0.0700. The smallest absolute Gasteiger partial charge is 0.257 e. The molecule has 1 unspecified atom stereocenters. The van der Waals surface area contributed by atoms with E-state index in [0.717, 1.165) is 34.1 Å². The Morgan fingerprint density at radius 1 is 0.857 bits per heavy atom. The minimum atomic E-state index is -0.206. The van der Waals surface area contributed by atoms with Crippen molar-refractivity contribution in [2.24, 2.45) is 0 Å². The van der Waals surface area contributed by atoms with Crippen LogP contribution in [0, 0.1) is 0 Å². The fourth-order valence-corrected chi connectivity index (χ4v) is 3.98. The Morgan fingerprint density at radius 3 is 2.50 bits per heavy atom. The van der Waals surface area contributed by atoms with E-state index in [0.29, 0.717) is 6.54 Å². The number of anilines is 1. The Kier molecular flexibility index (Phi) is 4.09. The third kappa shape index (κ3) is 2.83. The van der Waals surface area contributed by atoms with Crippen LogP contribution in [0.5, 0.6) is 0 Å². The first kappa shape index (κ1) is 16.6. The van der Waals surface area contributed by atoms with Crippen molar-refractivity contribution < 1.29 is 4.79 Å². The summed E-state index contributed by atoms with van der Waals surface area (Å²) in [5.74, 6) is 0.0700. The second-order valence-electron chi connectivity index (χ2n) is 7.12. The van der Waals surface area contributed by atoms with Gasteiger partial charge in [-0.15, -0.1) is 0 Å². The fourth-order valence-electron chi connectivity index (χ4n) is 3.98. The van der Waals surface area contributed by atoms with Gasteiger partial charge in [0.25, 0.3) is 5.91 Å². The Bertz CT molecular complexity index is 1130. The monoisotopic (exact) mass is 367 g/mol. The van der Waals surface area contributed by atoms with Gasteiger partial charge in [0.05, 0.1) is 5.56 Å². The predicted octanol–water partition coefficient (Wildman–Crippen LogP) is 4.98. The molecule has 1 aromatic heterocycles. The average Bonchev–Trinajstić information content (AvgIpc) is 3.18. The highest BCUT2D eigenvalue weighted by atomic mass is 16.2. The second-order valence-corrected chi connectivity index (χ2v) is 7.12. The quantitative estimate of drug-likeness (QED) is 0.535. The molecule has 0 radical (unpaired) electrons. The first-order valence-electron chi connectivity index (χ1n) is 9.58. The first-order valence-corrected chi connectivity index (χ1v) is 9.58. The number of rotatable bonds is 4. The van der Waals surface area contributed by atoms with Crippen LogP contribution < -0.4 is 5.32 Å². The van der Waals surface area contributed by atoms with Crippen LogP contribution in [0.25, 0.3) is 10.9 Å². The number of nitrogens with zero attached hydrogens (tertiary/aromatic N) is 1. The number of nitrogens with one attached hydrogen (secondary N) is 2. The van der Waals surface area contributed by atoms with E-state index in [-0.39, 0.29) is 12.1 Å². The van der Waals surface area contributed by atoms with Crippen molar-refractivity contribution in [1.29, 1.82) is 0 Å². The van der Waals surface area contributed by atoms with Crippen molar-refractivity contribution in [2.45, 2.75) is 12.6 Å². The number of H-pyrrole nitrogens is 1. The van der Waals surface area contributed by atoms with Crippen molar-refractivity contribution in [3.63, 3.8) is 0 Å². The van der Waals surface area contributed by atoms with Crippen LogP contribution in [-0.4, -0.2) is 22.3 Å². The van der Waals surface area contributed by atoms with Crippen LogP contribution in [0.2, 0.25) is 0 Å². The molecule has 2 heterocycles. The number of carbonyl (C=O) groups is 1. The normalized spacial score (nSPS) is 16.1. The molecular formula is C24H21N3O. The lowest BCUT2D eigenvalue weighted by molar-refractivity contribution is 0.0687. The van der Waals surface area contributed by atoms with Crippen LogP contribution in [0.4, 0.5) is 5.69 Å². The summed E-state index contributed by atoms with van der Waals surface area (Å²) in [6.45, 7) is 0.647. The SMILES string of the molecule is O=C1c2ccccc2NC(c2c[nH]c3ccccc23)N1CCc1ccccc1.